The predicted octanol–water partition coefficient (Wildman–Crippen LogP) is 3.58. The third kappa shape index (κ3) is 1.63. The van der Waals surface area contributed by atoms with Crippen LogP contribution in [0.5, 0.6) is 0 Å². The van der Waals surface area contributed by atoms with Crippen LogP contribution < -0.4 is 0 Å². The quantitative estimate of drug-likeness (QED) is 0.823. The van der Waals surface area contributed by atoms with E-state index in [1.54, 1.807) is 5.56 Å². The SMILES string of the molecule is Cc1ccccc1C12CCC(CO)(CC1)CC2. The zero-order valence-corrected chi connectivity index (χ0v) is 10.7. The lowest BCUT2D eigenvalue weighted by molar-refractivity contribution is -0.00707. The monoisotopic (exact) mass is 230 g/mol. The molecule has 17 heavy (non-hydrogen) atoms. The molecule has 0 radical (unpaired) electrons. The van der Waals surface area contributed by atoms with Crippen LogP contribution in [0.1, 0.15) is 49.7 Å². The molecule has 0 unspecified atom stereocenters. The Morgan fingerprint density at radius 2 is 1.59 bits per heavy atom. The van der Waals surface area contributed by atoms with Gasteiger partial charge in [-0.25, -0.2) is 0 Å². The van der Waals surface area contributed by atoms with Crippen molar-refractivity contribution in [2.24, 2.45) is 5.41 Å². The number of hydrogen-bond donors (Lipinski definition) is 1. The van der Waals surface area contributed by atoms with Gasteiger partial charge in [-0.1, -0.05) is 24.3 Å². The normalized spacial score (nSPS) is 36.1. The fraction of sp³-hybridized carbons (Fsp3) is 0.625. The third-order valence-electron chi connectivity index (χ3n) is 5.45. The molecule has 1 N–H and O–H groups in total. The molecule has 1 aromatic carbocycles. The van der Waals surface area contributed by atoms with Gasteiger partial charge in [-0.2, -0.15) is 0 Å². The van der Waals surface area contributed by atoms with Gasteiger partial charge in [-0.05, 0) is 67.4 Å². The number of benzene rings is 1. The highest BCUT2D eigenvalue weighted by Gasteiger charge is 2.49. The summed E-state index contributed by atoms with van der Waals surface area (Å²) in [5.74, 6) is 0. The molecule has 0 heterocycles. The van der Waals surface area contributed by atoms with E-state index >= 15 is 0 Å². The molecule has 1 aromatic rings. The summed E-state index contributed by atoms with van der Waals surface area (Å²) in [6.45, 7) is 2.64. The average molecular weight is 230 g/mol. The zero-order valence-electron chi connectivity index (χ0n) is 10.7. The second kappa shape index (κ2) is 3.84. The number of aliphatic hydroxyl groups excluding tert-OH is 1. The van der Waals surface area contributed by atoms with E-state index in [2.05, 4.69) is 31.2 Å². The molecule has 0 atom stereocenters. The minimum atomic E-state index is 0.282. The molecule has 0 saturated heterocycles. The van der Waals surface area contributed by atoms with Crippen LogP contribution in [0.2, 0.25) is 0 Å². The summed E-state index contributed by atoms with van der Waals surface area (Å²) < 4.78 is 0. The molecular formula is C16H22O. The van der Waals surface area contributed by atoms with Crippen molar-refractivity contribution in [3.05, 3.63) is 35.4 Å². The smallest absolute Gasteiger partial charge is 0.0487 e. The number of hydrogen-bond acceptors (Lipinski definition) is 1. The third-order valence-corrected chi connectivity index (χ3v) is 5.45. The van der Waals surface area contributed by atoms with Gasteiger partial charge >= 0.3 is 0 Å². The molecule has 3 aliphatic rings. The maximum absolute atomic E-state index is 9.58. The second-order valence-electron chi connectivity index (χ2n) is 6.25. The lowest BCUT2D eigenvalue weighted by Gasteiger charge is -2.53. The minimum Gasteiger partial charge on any atom is -0.396 e. The van der Waals surface area contributed by atoms with Gasteiger partial charge in [0.05, 0.1) is 0 Å². The van der Waals surface area contributed by atoms with Crippen molar-refractivity contribution in [2.75, 3.05) is 6.61 Å². The van der Waals surface area contributed by atoms with Gasteiger partial charge in [0.1, 0.15) is 0 Å². The van der Waals surface area contributed by atoms with Crippen molar-refractivity contribution in [3.63, 3.8) is 0 Å². The highest BCUT2D eigenvalue weighted by Crippen LogP contribution is 2.57. The fourth-order valence-electron chi connectivity index (χ4n) is 4.07. The van der Waals surface area contributed by atoms with Crippen LogP contribution >= 0.6 is 0 Å². The van der Waals surface area contributed by atoms with Gasteiger partial charge in [0.2, 0.25) is 0 Å². The van der Waals surface area contributed by atoms with Crippen molar-refractivity contribution >= 4 is 0 Å². The second-order valence-corrected chi connectivity index (χ2v) is 6.25. The Balaban J connectivity index is 1.93. The molecule has 1 heteroatoms. The van der Waals surface area contributed by atoms with E-state index in [4.69, 9.17) is 0 Å². The zero-order chi connectivity index (χ0) is 11.9. The van der Waals surface area contributed by atoms with Crippen LogP contribution in [0.25, 0.3) is 0 Å². The largest absolute Gasteiger partial charge is 0.396 e. The summed E-state index contributed by atoms with van der Waals surface area (Å²) in [7, 11) is 0. The van der Waals surface area contributed by atoms with Crippen molar-refractivity contribution in [2.45, 2.75) is 50.9 Å². The Morgan fingerprint density at radius 1 is 1.00 bits per heavy atom. The van der Waals surface area contributed by atoms with E-state index in [0.717, 1.165) is 0 Å². The molecule has 3 fully saturated rings. The Morgan fingerprint density at radius 3 is 2.12 bits per heavy atom. The molecule has 3 aliphatic carbocycles. The average Bonchev–Trinajstić information content (AvgIpc) is 2.41. The molecule has 3 saturated carbocycles. The van der Waals surface area contributed by atoms with Crippen molar-refractivity contribution in [3.8, 4) is 0 Å². The number of fused-ring (bicyclic) bond motifs is 3. The molecule has 4 rings (SSSR count). The van der Waals surface area contributed by atoms with Crippen LogP contribution in [0.4, 0.5) is 0 Å². The first kappa shape index (κ1) is 11.3. The lowest BCUT2D eigenvalue weighted by atomic mass is 9.52. The van der Waals surface area contributed by atoms with Crippen LogP contribution in [0.15, 0.2) is 24.3 Å². The van der Waals surface area contributed by atoms with Gasteiger partial charge in [-0.3, -0.25) is 0 Å². The highest BCUT2D eigenvalue weighted by atomic mass is 16.3. The van der Waals surface area contributed by atoms with Crippen LogP contribution in [-0.4, -0.2) is 11.7 Å². The van der Waals surface area contributed by atoms with Crippen molar-refractivity contribution in [1.29, 1.82) is 0 Å². The molecule has 0 aromatic heterocycles. The van der Waals surface area contributed by atoms with Gasteiger partial charge in [0.15, 0.2) is 0 Å². The molecular weight excluding hydrogens is 208 g/mol. The summed E-state index contributed by atoms with van der Waals surface area (Å²) in [5.41, 5.74) is 3.74. The van der Waals surface area contributed by atoms with Crippen LogP contribution in [0.3, 0.4) is 0 Å². The molecule has 1 nitrogen and oxygen atoms in total. The summed E-state index contributed by atoms with van der Waals surface area (Å²) in [5, 5.41) is 9.58. The standard InChI is InChI=1S/C16H22O/c1-13-4-2-3-5-14(13)16-9-6-15(12-17,7-10-16)8-11-16/h2-5,17H,6-12H2,1H3. The number of rotatable bonds is 2. The van der Waals surface area contributed by atoms with Crippen molar-refractivity contribution in [1.82, 2.24) is 0 Å². The van der Waals surface area contributed by atoms with Gasteiger partial charge in [0.25, 0.3) is 0 Å². The summed E-state index contributed by atoms with van der Waals surface area (Å²) in [6, 6.07) is 8.89. The Hall–Kier alpha value is -0.820. The lowest BCUT2D eigenvalue weighted by Crippen LogP contribution is -2.46. The van der Waals surface area contributed by atoms with Crippen LogP contribution in [-0.2, 0) is 5.41 Å². The van der Waals surface area contributed by atoms with E-state index in [1.165, 1.54) is 44.1 Å². The van der Waals surface area contributed by atoms with E-state index in [0.29, 0.717) is 12.0 Å². The Kier molecular flexibility index (Phi) is 2.55. The summed E-state index contributed by atoms with van der Waals surface area (Å²) in [4.78, 5) is 0. The van der Waals surface area contributed by atoms with Crippen LogP contribution in [0, 0.1) is 12.3 Å². The fourth-order valence-corrected chi connectivity index (χ4v) is 4.07. The van der Waals surface area contributed by atoms with Crippen molar-refractivity contribution < 1.29 is 5.11 Å². The van der Waals surface area contributed by atoms with E-state index < -0.39 is 0 Å². The van der Waals surface area contributed by atoms with E-state index in [1.807, 2.05) is 0 Å². The van der Waals surface area contributed by atoms with E-state index in [9.17, 15) is 5.11 Å². The summed E-state index contributed by atoms with van der Waals surface area (Å²) in [6.07, 6.45) is 7.49. The summed E-state index contributed by atoms with van der Waals surface area (Å²) >= 11 is 0. The first-order valence-corrected chi connectivity index (χ1v) is 6.87. The molecule has 0 aliphatic heterocycles. The molecule has 92 valence electrons. The Labute approximate surface area is 104 Å². The first-order chi connectivity index (χ1) is 8.20. The molecule has 0 spiro atoms. The molecule has 2 bridgehead atoms. The van der Waals surface area contributed by atoms with E-state index in [-0.39, 0.29) is 5.41 Å². The first-order valence-electron chi connectivity index (χ1n) is 6.87. The maximum Gasteiger partial charge on any atom is 0.0487 e. The minimum absolute atomic E-state index is 0.282. The Bertz CT molecular complexity index is 397. The van der Waals surface area contributed by atoms with Gasteiger partial charge in [0, 0.05) is 6.61 Å². The number of aryl methyl sites for hydroxylation is 1. The predicted molar refractivity (Wildman–Crippen MR) is 70.1 cm³/mol. The van der Waals surface area contributed by atoms with Gasteiger partial charge < -0.3 is 5.11 Å². The highest BCUT2D eigenvalue weighted by molar-refractivity contribution is 5.35. The number of aliphatic hydroxyl groups is 1. The molecule has 0 amide bonds. The topological polar surface area (TPSA) is 20.2 Å². The van der Waals surface area contributed by atoms with Gasteiger partial charge in [-0.15, -0.1) is 0 Å². The maximum atomic E-state index is 9.58.